The number of carbonyl (C=O) groups excluding carboxylic acids is 1. The summed E-state index contributed by atoms with van der Waals surface area (Å²) in [7, 11) is 0. The van der Waals surface area contributed by atoms with E-state index in [9.17, 15) is 19.7 Å². The van der Waals surface area contributed by atoms with Crippen LogP contribution in [0.5, 0.6) is 0 Å². The molecule has 1 atom stereocenters. The molecule has 0 aliphatic rings. The Morgan fingerprint density at radius 1 is 1.47 bits per heavy atom. The summed E-state index contributed by atoms with van der Waals surface area (Å²) in [4.78, 5) is 32.5. The predicted molar refractivity (Wildman–Crippen MR) is 66.8 cm³/mol. The Hall–Kier alpha value is -2.00. The Labute approximate surface area is 115 Å². The van der Waals surface area contributed by atoms with Crippen molar-refractivity contribution in [2.24, 2.45) is 0 Å². The molecule has 3 N–H and O–H groups in total. The van der Waals surface area contributed by atoms with Gasteiger partial charge in [-0.15, -0.1) is 0 Å². The van der Waals surface area contributed by atoms with E-state index < -0.39 is 29.4 Å². The summed E-state index contributed by atoms with van der Waals surface area (Å²) in [6.07, 6.45) is 0. The largest absolute Gasteiger partial charge is 0.480 e. The Morgan fingerprint density at radius 2 is 2.11 bits per heavy atom. The number of rotatable bonds is 5. The molecule has 0 aromatic heterocycles. The fourth-order valence-electron chi connectivity index (χ4n) is 1.26. The second kappa shape index (κ2) is 6.25. The summed E-state index contributed by atoms with van der Waals surface area (Å²) in [5.41, 5.74) is -0.405. The van der Waals surface area contributed by atoms with E-state index in [1.165, 1.54) is 18.2 Å². The van der Waals surface area contributed by atoms with Crippen molar-refractivity contribution in [2.75, 3.05) is 6.61 Å². The molecule has 0 heterocycles. The Balaban J connectivity index is 3.04. The van der Waals surface area contributed by atoms with Crippen LogP contribution >= 0.6 is 15.9 Å². The van der Waals surface area contributed by atoms with Gasteiger partial charge in [-0.3, -0.25) is 14.9 Å². The number of aliphatic hydroxyl groups excluding tert-OH is 1. The van der Waals surface area contributed by atoms with E-state index >= 15 is 0 Å². The summed E-state index contributed by atoms with van der Waals surface area (Å²) >= 11 is 2.92. The summed E-state index contributed by atoms with van der Waals surface area (Å²) in [6, 6.07) is 2.32. The van der Waals surface area contributed by atoms with E-state index in [0.29, 0.717) is 0 Å². The number of nitrogens with one attached hydrogen (secondary N) is 1. The lowest BCUT2D eigenvalue weighted by atomic mass is 10.1. The van der Waals surface area contributed by atoms with Crippen LogP contribution in [-0.2, 0) is 4.79 Å². The van der Waals surface area contributed by atoms with Crippen molar-refractivity contribution < 1.29 is 24.7 Å². The molecule has 1 rings (SSSR count). The monoisotopic (exact) mass is 332 g/mol. The van der Waals surface area contributed by atoms with Gasteiger partial charge in [-0.1, -0.05) is 6.07 Å². The molecule has 0 spiro atoms. The quantitative estimate of drug-likeness (QED) is 0.532. The van der Waals surface area contributed by atoms with Crippen LogP contribution in [-0.4, -0.2) is 39.7 Å². The van der Waals surface area contributed by atoms with E-state index in [0.717, 1.165) is 0 Å². The molecule has 0 bridgehead atoms. The van der Waals surface area contributed by atoms with Gasteiger partial charge < -0.3 is 15.5 Å². The van der Waals surface area contributed by atoms with Gasteiger partial charge in [0.25, 0.3) is 11.6 Å². The van der Waals surface area contributed by atoms with Gasteiger partial charge in [0.2, 0.25) is 0 Å². The summed E-state index contributed by atoms with van der Waals surface area (Å²) in [5.74, 6) is -2.24. The first-order valence-corrected chi connectivity index (χ1v) is 5.75. The van der Waals surface area contributed by atoms with Crippen LogP contribution in [0.4, 0.5) is 5.69 Å². The van der Waals surface area contributed by atoms with Gasteiger partial charge in [-0.2, -0.15) is 0 Å². The first kappa shape index (κ1) is 15.1. The maximum atomic E-state index is 11.8. The van der Waals surface area contributed by atoms with Crippen molar-refractivity contribution in [3.63, 3.8) is 0 Å². The van der Waals surface area contributed by atoms with Crippen LogP contribution in [0.3, 0.4) is 0 Å². The number of nitrogens with zero attached hydrogens (tertiary/aromatic N) is 1. The minimum absolute atomic E-state index is 0.0559. The van der Waals surface area contributed by atoms with Gasteiger partial charge in [-0.05, 0) is 22.0 Å². The molecule has 8 nitrogen and oxygen atoms in total. The molecule has 0 saturated carbocycles. The van der Waals surface area contributed by atoms with E-state index in [-0.39, 0.29) is 15.7 Å². The lowest BCUT2D eigenvalue weighted by Gasteiger charge is -2.12. The fourth-order valence-corrected chi connectivity index (χ4v) is 1.85. The molecule has 0 radical (unpaired) electrons. The highest BCUT2D eigenvalue weighted by Crippen LogP contribution is 2.28. The number of carbonyl (C=O) groups is 2. The Kier molecular flexibility index (Phi) is 4.95. The summed E-state index contributed by atoms with van der Waals surface area (Å²) in [6.45, 7) is -0.784. The van der Waals surface area contributed by atoms with Gasteiger partial charge >= 0.3 is 5.97 Å². The van der Waals surface area contributed by atoms with Crippen LogP contribution in [0.2, 0.25) is 0 Å². The Morgan fingerprint density at radius 3 is 2.58 bits per heavy atom. The van der Waals surface area contributed by atoms with E-state index in [1.54, 1.807) is 0 Å². The maximum absolute atomic E-state index is 11.8. The summed E-state index contributed by atoms with van der Waals surface area (Å²) < 4.78 is -0.0559. The smallest absolute Gasteiger partial charge is 0.328 e. The minimum atomic E-state index is -1.47. The van der Waals surface area contributed by atoms with Crippen molar-refractivity contribution >= 4 is 33.5 Å². The second-order valence-corrected chi connectivity index (χ2v) is 4.24. The number of nitro benzene ring substituents is 1. The molecule has 9 heteroatoms. The lowest BCUT2D eigenvalue weighted by Crippen LogP contribution is -2.43. The normalized spacial score (nSPS) is 11.7. The SMILES string of the molecule is O=C(N[C@@H](CO)C(=O)O)c1cccc([N+](=O)[O-])c1Br. The number of carboxylic acids is 1. The number of aliphatic hydroxyl groups is 1. The van der Waals surface area contributed by atoms with Gasteiger partial charge in [-0.25, -0.2) is 4.79 Å². The highest BCUT2D eigenvalue weighted by Gasteiger charge is 2.23. The zero-order valence-electron chi connectivity index (χ0n) is 9.37. The van der Waals surface area contributed by atoms with Crippen molar-refractivity contribution in [3.8, 4) is 0 Å². The van der Waals surface area contributed by atoms with Crippen molar-refractivity contribution in [2.45, 2.75) is 6.04 Å². The van der Waals surface area contributed by atoms with Crippen molar-refractivity contribution in [1.29, 1.82) is 0 Å². The zero-order chi connectivity index (χ0) is 14.6. The van der Waals surface area contributed by atoms with Gasteiger partial charge in [0.05, 0.1) is 17.1 Å². The number of carboxylic acid groups (broad SMARTS) is 1. The van der Waals surface area contributed by atoms with E-state index in [1.807, 2.05) is 5.32 Å². The summed E-state index contributed by atoms with van der Waals surface area (Å²) in [5, 5.41) is 30.2. The average Bonchev–Trinajstić information content (AvgIpc) is 2.35. The number of halogens is 1. The molecular weight excluding hydrogens is 324 g/mol. The number of nitro groups is 1. The van der Waals surface area contributed by atoms with Gasteiger partial charge in [0, 0.05) is 6.07 Å². The molecule has 1 aromatic rings. The molecule has 19 heavy (non-hydrogen) atoms. The van der Waals surface area contributed by atoms with Crippen LogP contribution in [0.1, 0.15) is 10.4 Å². The molecule has 1 aromatic carbocycles. The molecule has 0 unspecified atom stereocenters. The number of hydrogen-bond donors (Lipinski definition) is 3. The van der Waals surface area contributed by atoms with Crippen LogP contribution in [0.25, 0.3) is 0 Å². The third kappa shape index (κ3) is 3.48. The number of hydrogen-bond acceptors (Lipinski definition) is 5. The van der Waals surface area contributed by atoms with Crippen LogP contribution in [0, 0.1) is 10.1 Å². The molecule has 1 amide bonds. The molecule has 0 saturated heterocycles. The first-order valence-electron chi connectivity index (χ1n) is 4.96. The Bertz CT molecular complexity index is 533. The number of aliphatic carboxylic acids is 1. The lowest BCUT2D eigenvalue weighted by molar-refractivity contribution is -0.385. The van der Waals surface area contributed by atoms with E-state index in [2.05, 4.69) is 15.9 Å². The standard InChI is InChI=1S/C10H9BrN2O6/c11-8-5(2-1-3-7(8)13(18)19)9(15)12-6(4-14)10(16)17/h1-3,6,14H,4H2,(H,12,15)(H,16,17)/t6-/m0/s1. The molecule has 0 fully saturated rings. The van der Waals surface area contributed by atoms with Crippen molar-refractivity contribution in [3.05, 3.63) is 38.3 Å². The van der Waals surface area contributed by atoms with Crippen molar-refractivity contribution in [1.82, 2.24) is 5.32 Å². The highest BCUT2D eigenvalue weighted by atomic mass is 79.9. The van der Waals surface area contributed by atoms with Crippen LogP contribution < -0.4 is 5.32 Å². The first-order chi connectivity index (χ1) is 8.88. The molecule has 0 aliphatic carbocycles. The third-order valence-electron chi connectivity index (χ3n) is 2.21. The van der Waals surface area contributed by atoms with Gasteiger partial charge in [0.15, 0.2) is 6.04 Å². The fraction of sp³-hybridized carbons (Fsp3) is 0.200. The minimum Gasteiger partial charge on any atom is -0.480 e. The topological polar surface area (TPSA) is 130 Å². The molecule has 0 aliphatic heterocycles. The second-order valence-electron chi connectivity index (χ2n) is 3.44. The average molecular weight is 333 g/mol. The predicted octanol–water partition coefficient (Wildman–Crippen LogP) is 0.533. The molecular formula is C10H9BrN2O6. The molecule has 102 valence electrons. The van der Waals surface area contributed by atoms with Gasteiger partial charge in [0.1, 0.15) is 4.47 Å². The van der Waals surface area contributed by atoms with E-state index in [4.69, 9.17) is 10.2 Å². The number of benzene rings is 1. The maximum Gasteiger partial charge on any atom is 0.328 e. The van der Waals surface area contributed by atoms with Crippen LogP contribution in [0.15, 0.2) is 22.7 Å². The third-order valence-corrected chi connectivity index (χ3v) is 3.04. The zero-order valence-corrected chi connectivity index (χ0v) is 11.0. The highest BCUT2D eigenvalue weighted by molar-refractivity contribution is 9.10. The number of amides is 1.